The molecule has 0 bridgehead atoms. The molecule has 41 heavy (non-hydrogen) atoms. The van der Waals surface area contributed by atoms with Crippen LogP contribution < -0.4 is 19.7 Å². The van der Waals surface area contributed by atoms with Crippen LogP contribution >= 0.6 is 0 Å². The average Bonchev–Trinajstić information content (AvgIpc) is 3.16. The lowest BCUT2D eigenvalue weighted by Crippen LogP contribution is -2.38. The Morgan fingerprint density at radius 1 is 0.805 bits per heavy atom. The van der Waals surface area contributed by atoms with Gasteiger partial charge in [-0.25, -0.2) is 0 Å². The van der Waals surface area contributed by atoms with Crippen LogP contribution in [-0.2, 0) is 4.79 Å². The van der Waals surface area contributed by atoms with Crippen molar-refractivity contribution in [2.24, 2.45) is 0 Å². The Balaban J connectivity index is 1.57. The first-order valence-corrected chi connectivity index (χ1v) is 13.8. The minimum atomic E-state index is -0.680. The molecule has 1 N–H and O–H groups in total. The van der Waals surface area contributed by atoms with E-state index in [0.29, 0.717) is 41.2 Å². The molecule has 6 nitrogen and oxygen atoms in total. The van der Waals surface area contributed by atoms with E-state index in [0.717, 1.165) is 22.5 Å². The van der Waals surface area contributed by atoms with Gasteiger partial charge >= 0.3 is 0 Å². The summed E-state index contributed by atoms with van der Waals surface area (Å²) in [5.74, 6) is 0.965. The Labute approximate surface area is 240 Å². The smallest absolute Gasteiger partial charge is 0.259 e. The van der Waals surface area contributed by atoms with Crippen LogP contribution in [0.2, 0.25) is 0 Å². The zero-order chi connectivity index (χ0) is 28.5. The minimum Gasteiger partial charge on any atom is -0.493 e. The molecule has 4 aromatic carbocycles. The molecule has 0 unspecified atom stereocenters. The van der Waals surface area contributed by atoms with Gasteiger partial charge in [0.15, 0.2) is 17.3 Å². The maximum atomic E-state index is 14.4. The fourth-order valence-corrected chi connectivity index (χ4v) is 5.95. The Kier molecular flexibility index (Phi) is 7.06. The van der Waals surface area contributed by atoms with Crippen LogP contribution in [0.1, 0.15) is 51.8 Å². The second-order valence-electron chi connectivity index (χ2n) is 10.5. The van der Waals surface area contributed by atoms with Gasteiger partial charge in [0, 0.05) is 23.3 Å². The number of para-hydroxylation sites is 2. The maximum absolute atomic E-state index is 14.4. The summed E-state index contributed by atoms with van der Waals surface area (Å²) in [5, 5.41) is 3.60. The van der Waals surface area contributed by atoms with Crippen LogP contribution in [0.25, 0.3) is 0 Å². The Hall–Kier alpha value is -4.84. The van der Waals surface area contributed by atoms with E-state index in [4.69, 9.17) is 9.47 Å². The molecule has 0 saturated heterocycles. The number of Topliss-reactive ketones (excluding diaryl/α,β-unsaturated/α-hetero) is 1. The summed E-state index contributed by atoms with van der Waals surface area (Å²) in [6, 6.07) is 30.3. The second kappa shape index (κ2) is 11.0. The zero-order valence-electron chi connectivity index (χ0n) is 23.4. The van der Waals surface area contributed by atoms with Crippen molar-refractivity contribution >= 4 is 23.1 Å². The SMILES string of the molecule is COc1ccc([C@@H]2C3=C(C[C@H](c4ccc(C)cc4)CC3=O)Nc3ccccc3N2C(=O)c2ccccc2)cc1OC. The molecule has 2 atom stereocenters. The minimum absolute atomic E-state index is 0.0165. The molecule has 0 spiro atoms. The van der Waals surface area contributed by atoms with Crippen molar-refractivity contribution in [1.29, 1.82) is 0 Å². The number of rotatable bonds is 5. The third-order valence-electron chi connectivity index (χ3n) is 8.00. The number of carbonyl (C=O) groups is 2. The molecule has 6 rings (SSSR count). The number of ether oxygens (including phenoxy) is 2. The quantitative estimate of drug-likeness (QED) is 0.287. The van der Waals surface area contributed by atoms with Crippen molar-refractivity contribution in [3.63, 3.8) is 0 Å². The molecule has 6 heteroatoms. The van der Waals surface area contributed by atoms with Gasteiger partial charge in [-0.2, -0.15) is 0 Å². The standard InChI is InChI=1S/C35H32N2O4/c1-22-13-15-23(16-14-22)26-19-28-33(30(38)20-26)34(25-17-18-31(40-2)32(21-25)41-3)37(29-12-8-7-11-27(29)36-28)35(39)24-9-5-4-6-10-24/h4-18,21,26,34,36H,19-20H2,1-3H3/t26-,34+/m0/s1. The molecule has 0 saturated carbocycles. The number of nitrogens with zero attached hydrogens (tertiary/aromatic N) is 1. The zero-order valence-corrected chi connectivity index (χ0v) is 23.4. The maximum Gasteiger partial charge on any atom is 0.259 e. The molecular weight excluding hydrogens is 512 g/mol. The summed E-state index contributed by atoms with van der Waals surface area (Å²) >= 11 is 0. The number of ketones is 1. The number of hydrogen-bond donors (Lipinski definition) is 1. The Bertz CT molecular complexity index is 1640. The van der Waals surface area contributed by atoms with Crippen LogP contribution in [0.5, 0.6) is 11.5 Å². The monoisotopic (exact) mass is 544 g/mol. The predicted octanol–water partition coefficient (Wildman–Crippen LogP) is 7.23. The molecule has 0 fully saturated rings. The summed E-state index contributed by atoms with van der Waals surface area (Å²) < 4.78 is 11.2. The van der Waals surface area contributed by atoms with E-state index in [1.165, 1.54) is 5.56 Å². The van der Waals surface area contributed by atoms with E-state index >= 15 is 0 Å². The largest absolute Gasteiger partial charge is 0.493 e. The van der Waals surface area contributed by atoms with Gasteiger partial charge in [0.1, 0.15) is 0 Å². The lowest BCUT2D eigenvalue weighted by Gasteiger charge is -2.35. The van der Waals surface area contributed by atoms with Gasteiger partial charge in [0.05, 0.1) is 31.6 Å². The lowest BCUT2D eigenvalue weighted by molar-refractivity contribution is -0.116. The summed E-state index contributed by atoms with van der Waals surface area (Å²) in [6.07, 6.45) is 1.01. The highest BCUT2D eigenvalue weighted by Crippen LogP contribution is 2.48. The van der Waals surface area contributed by atoms with E-state index in [1.54, 1.807) is 31.3 Å². The fourth-order valence-electron chi connectivity index (χ4n) is 5.95. The Morgan fingerprint density at radius 3 is 2.22 bits per heavy atom. The van der Waals surface area contributed by atoms with Crippen molar-refractivity contribution in [1.82, 2.24) is 0 Å². The first kappa shape index (κ1) is 26.4. The lowest BCUT2D eigenvalue weighted by atomic mass is 9.78. The number of anilines is 2. The van der Waals surface area contributed by atoms with Crippen LogP contribution in [-0.4, -0.2) is 25.9 Å². The number of aryl methyl sites for hydroxylation is 1. The van der Waals surface area contributed by atoms with Gasteiger partial charge < -0.3 is 14.8 Å². The van der Waals surface area contributed by atoms with Crippen LogP contribution in [0, 0.1) is 6.92 Å². The number of methoxy groups -OCH3 is 2. The van der Waals surface area contributed by atoms with E-state index in [-0.39, 0.29) is 17.6 Å². The molecule has 4 aromatic rings. The number of fused-ring (bicyclic) bond motifs is 1. The van der Waals surface area contributed by atoms with Crippen molar-refractivity contribution < 1.29 is 19.1 Å². The molecule has 0 radical (unpaired) electrons. The van der Waals surface area contributed by atoms with Crippen LogP contribution in [0.3, 0.4) is 0 Å². The molecule has 1 aliphatic heterocycles. The van der Waals surface area contributed by atoms with Crippen molar-refractivity contribution in [3.05, 3.63) is 131 Å². The molecule has 0 aromatic heterocycles. The number of amides is 1. The van der Waals surface area contributed by atoms with Gasteiger partial charge in [-0.05, 0) is 66.8 Å². The molecule has 206 valence electrons. The van der Waals surface area contributed by atoms with E-state index in [1.807, 2.05) is 60.7 Å². The van der Waals surface area contributed by atoms with Gasteiger partial charge in [0.25, 0.3) is 5.91 Å². The van der Waals surface area contributed by atoms with E-state index in [2.05, 4.69) is 36.5 Å². The highest BCUT2D eigenvalue weighted by molar-refractivity contribution is 6.12. The average molecular weight is 545 g/mol. The number of hydrogen-bond acceptors (Lipinski definition) is 5. The topological polar surface area (TPSA) is 67.9 Å². The third kappa shape index (κ3) is 4.86. The molecule has 1 amide bonds. The molecule has 1 aliphatic carbocycles. The van der Waals surface area contributed by atoms with Gasteiger partial charge in [0.2, 0.25) is 0 Å². The number of carbonyl (C=O) groups excluding carboxylic acids is 2. The summed E-state index contributed by atoms with van der Waals surface area (Å²) in [6.45, 7) is 2.06. The summed E-state index contributed by atoms with van der Waals surface area (Å²) in [7, 11) is 3.17. The van der Waals surface area contributed by atoms with Gasteiger partial charge in [-0.3, -0.25) is 14.5 Å². The Morgan fingerprint density at radius 2 is 1.49 bits per heavy atom. The first-order valence-electron chi connectivity index (χ1n) is 13.8. The fraction of sp³-hybridized carbons (Fsp3) is 0.200. The number of benzene rings is 4. The highest BCUT2D eigenvalue weighted by atomic mass is 16.5. The predicted molar refractivity (Wildman–Crippen MR) is 161 cm³/mol. The number of nitrogens with one attached hydrogen (secondary N) is 1. The number of allylic oxidation sites excluding steroid dienone is 1. The first-order chi connectivity index (χ1) is 20.0. The van der Waals surface area contributed by atoms with Crippen molar-refractivity contribution in [2.45, 2.75) is 31.7 Å². The summed E-state index contributed by atoms with van der Waals surface area (Å²) in [4.78, 5) is 30.4. The van der Waals surface area contributed by atoms with E-state index in [9.17, 15) is 9.59 Å². The van der Waals surface area contributed by atoms with Gasteiger partial charge in [-0.15, -0.1) is 0 Å². The van der Waals surface area contributed by atoms with Gasteiger partial charge in [-0.1, -0.05) is 66.2 Å². The highest BCUT2D eigenvalue weighted by Gasteiger charge is 2.42. The summed E-state index contributed by atoms with van der Waals surface area (Å²) in [5.41, 5.74) is 6.54. The van der Waals surface area contributed by atoms with Crippen LogP contribution in [0.4, 0.5) is 11.4 Å². The normalized spacial score (nSPS) is 18.1. The van der Waals surface area contributed by atoms with E-state index < -0.39 is 6.04 Å². The molecule has 1 heterocycles. The third-order valence-corrected chi connectivity index (χ3v) is 8.00. The molecular formula is C35H32N2O4. The van der Waals surface area contributed by atoms with Crippen LogP contribution in [0.15, 0.2) is 108 Å². The second-order valence-corrected chi connectivity index (χ2v) is 10.5. The van der Waals surface area contributed by atoms with Crippen molar-refractivity contribution in [2.75, 3.05) is 24.4 Å². The molecule has 2 aliphatic rings. The van der Waals surface area contributed by atoms with Crippen molar-refractivity contribution in [3.8, 4) is 11.5 Å².